The quantitative estimate of drug-likeness (QED) is 0.316. The lowest BCUT2D eigenvalue weighted by atomic mass is 10.0. The molecule has 0 saturated heterocycles. The van der Waals surface area contributed by atoms with Gasteiger partial charge in [-0.1, -0.05) is 0 Å². The van der Waals surface area contributed by atoms with Crippen molar-refractivity contribution in [1.82, 2.24) is 15.5 Å². The van der Waals surface area contributed by atoms with E-state index in [4.69, 9.17) is 17.2 Å². The number of likely N-dealkylation sites (N-methyl/N-ethyl adjacent to an activating group) is 1. The highest BCUT2D eigenvalue weighted by molar-refractivity contribution is 6.07. The first-order valence-electron chi connectivity index (χ1n) is 7.39. The van der Waals surface area contributed by atoms with Crippen LogP contribution in [0.4, 0.5) is 4.79 Å². The van der Waals surface area contributed by atoms with E-state index in [9.17, 15) is 19.2 Å². The van der Waals surface area contributed by atoms with Gasteiger partial charge in [0.1, 0.15) is 11.8 Å². The van der Waals surface area contributed by atoms with E-state index in [0.717, 1.165) is 0 Å². The number of carbonyl (C=O) groups excluding carboxylic acids is 4. The predicted molar refractivity (Wildman–Crippen MR) is 100 cm³/mol. The number of halogens is 2. The zero-order valence-electron chi connectivity index (χ0n) is 14.3. The molecule has 1 aliphatic heterocycles. The van der Waals surface area contributed by atoms with Crippen molar-refractivity contribution in [3.8, 4) is 0 Å². The Hall–Kier alpha value is -1.95. The first-order valence-corrected chi connectivity index (χ1v) is 7.39. The zero-order chi connectivity index (χ0) is 18.3. The second-order valence-corrected chi connectivity index (χ2v) is 5.43. The Kier molecular flexibility index (Phi) is 12.5. The summed E-state index contributed by atoms with van der Waals surface area (Å²) < 4.78 is 0. The topological polar surface area (TPSA) is 186 Å². The van der Waals surface area contributed by atoms with Gasteiger partial charge in [0, 0.05) is 32.4 Å². The summed E-state index contributed by atoms with van der Waals surface area (Å²) in [6.45, 7) is 0.215. The molecule has 150 valence electrons. The maximum Gasteiger partial charge on any atom is 0.318 e. The van der Waals surface area contributed by atoms with Gasteiger partial charge in [-0.3, -0.25) is 25.0 Å². The molecule has 0 radical (unpaired) electrons. The smallest absolute Gasteiger partial charge is 0.318 e. The molecular formula is C13H25Cl2N7O4. The van der Waals surface area contributed by atoms with Crippen LogP contribution in [-0.2, 0) is 14.4 Å². The van der Waals surface area contributed by atoms with Crippen LogP contribution in [-0.4, -0.2) is 66.7 Å². The van der Waals surface area contributed by atoms with Crippen LogP contribution < -0.4 is 27.8 Å². The lowest BCUT2D eigenvalue weighted by molar-refractivity contribution is -0.138. The molecule has 4 amide bonds. The largest absolute Gasteiger partial charge is 0.351 e. The molecule has 0 aromatic carbocycles. The average molecular weight is 414 g/mol. The summed E-state index contributed by atoms with van der Waals surface area (Å²) >= 11 is 0. The molecule has 0 saturated carbocycles. The lowest BCUT2D eigenvalue weighted by Crippen LogP contribution is -2.58. The maximum absolute atomic E-state index is 12.2. The van der Waals surface area contributed by atoms with Gasteiger partial charge in [-0.2, -0.15) is 0 Å². The summed E-state index contributed by atoms with van der Waals surface area (Å²) in [5, 5.41) is 4.49. The lowest BCUT2D eigenvalue weighted by Gasteiger charge is -2.29. The number of hydrogen-bond donors (Lipinski definition) is 5. The van der Waals surface area contributed by atoms with Crippen molar-refractivity contribution < 1.29 is 19.2 Å². The number of guanidine groups is 1. The van der Waals surface area contributed by atoms with Gasteiger partial charge in [-0.15, -0.1) is 24.8 Å². The van der Waals surface area contributed by atoms with Gasteiger partial charge in [0.15, 0.2) is 0 Å². The molecule has 0 aromatic heterocycles. The van der Waals surface area contributed by atoms with Crippen molar-refractivity contribution in [1.29, 1.82) is 0 Å². The number of aliphatic imine (C=N–C) groups is 1. The van der Waals surface area contributed by atoms with E-state index in [1.807, 2.05) is 0 Å². The molecule has 0 bridgehead atoms. The number of urea groups is 1. The first-order chi connectivity index (χ1) is 11.2. The monoisotopic (exact) mass is 413 g/mol. The Morgan fingerprint density at radius 1 is 1.35 bits per heavy atom. The molecule has 2 atom stereocenters. The predicted octanol–water partition coefficient (Wildman–Crippen LogP) is -2.16. The summed E-state index contributed by atoms with van der Waals surface area (Å²) in [6.07, 6.45) is 0.193. The third kappa shape index (κ3) is 8.43. The Bertz CT molecular complexity index is 559. The molecular weight excluding hydrogens is 389 g/mol. The Labute approximate surface area is 163 Å². The second-order valence-electron chi connectivity index (χ2n) is 5.43. The van der Waals surface area contributed by atoms with Gasteiger partial charge in [-0.25, -0.2) is 9.79 Å². The Balaban J connectivity index is 0. The van der Waals surface area contributed by atoms with Gasteiger partial charge < -0.3 is 22.1 Å². The van der Waals surface area contributed by atoms with Gasteiger partial charge >= 0.3 is 6.03 Å². The third-order valence-corrected chi connectivity index (χ3v) is 3.42. The Morgan fingerprint density at radius 3 is 2.46 bits per heavy atom. The molecule has 1 heterocycles. The number of rotatable bonds is 7. The van der Waals surface area contributed by atoms with Gasteiger partial charge in [-0.05, 0) is 6.54 Å². The molecule has 11 nitrogen and oxygen atoms in total. The van der Waals surface area contributed by atoms with Crippen molar-refractivity contribution in [2.75, 3.05) is 20.1 Å². The second kappa shape index (κ2) is 12.4. The zero-order valence-corrected chi connectivity index (χ0v) is 15.9. The van der Waals surface area contributed by atoms with Gasteiger partial charge in [0.25, 0.3) is 5.91 Å². The van der Waals surface area contributed by atoms with E-state index >= 15 is 0 Å². The van der Waals surface area contributed by atoms with Crippen molar-refractivity contribution in [2.45, 2.75) is 31.3 Å². The van der Waals surface area contributed by atoms with Crippen LogP contribution in [0.2, 0.25) is 0 Å². The molecule has 1 unspecified atom stereocenters. The number of ketones is 1. The minimum atomic E-state index is -0.856. The number of hydrogen-bond acceptors (Lipinski definition) is 7. The van der Waals surface area contributed by atoms with Crippen LogP contribution in [0.25, 0.3) is 0 Å². The molecule has 1 rings (SSSR count). The first kappa shape index (κ1) is 26.3. The average Bonchev–Trinajstić information content (AvgIpc) is 2.45. The molecule has 1 aliphatic rings. The maximum atomic E-state index is 12.2. The fourth-order valence-electron chi connectivity index (χ4n) is 2.16. The van der Waals surface area contributed by atoms with Crippen molar-refractivity contribution >= 4 is 54.4 Å². The summed E-state index contributed by atoms with van der Waals surface area (Å²) in [5.41, 5.74) is 16.0. The normalized spacial score (nSPS) is 16.8. The van der Waals surface area contributed by atoms with E-state index in [1.54, 1.807) is 0 Å². The van der Waals surface area contributed by atoms with Gasteiger partial charge in [0.2, 0.25) is 11.9 Å². The van der Waals surface area contributed by atoms with E-state index in [2.05, 4.69) is 15.6 Å². The van der Waals surface area contributed by atoms with Crippen molar-refractivity contribution in [3.05, 3.63) is 0 Å². The van der Waals surface area contributed by atoms with Crippen molar-refractivity contribution in [2.24, 2.45) is 22.2 Å². The van der Waals surface area contributed by atoms with Gasteiger partial charge in [0.05, 0.1) is 6.54 Å². The van der Waals surface area contributed by atoms with E-state index in [0.29, 0.717) is 0 Å². The summed E-state index contributed by atoms with van der Waals surface area (Å²) in [5.74, 6) is -1.06. The summed E-state index contributed by atoms with van der Waals surface area (Å²) in [4.78, 5) is 51.5. The number of Topliss-reactive ketones (excluding diaryl/α,β-unsaturated/α-hetero) is 1. The number of nitrogens with one attached hydrogen (secondary N) is 2. The van der Waals surface area contributed by atoms with E-state index < -0.39 is 24.0 Å². The van der Waals surface area contributed by atoms with Crippen LogP contribution in [0.1, 0.15) is 19.3 Å². The highest BCUT2D eigenvalue weighted by Crippen LogP contribution is 2.07. The Morgan fingerprint density at radius 2 is 1.96 bits per heavy atom. The highest BCUT2D eigenvalue weighted by Gasteiger charge is 2.31. The minimum absolute atomic E-state index is 0. The van der Waals surface area contributed by atoms with Crippen LogP contribution in [0.15, 0.2) is 4.99 Å². The molecule has 0 aliphatic carbocycles. The van der Waals surface area contributed by atoms with Crippen LogP contribution in [0, 0.1) is 0 Å². The number of primary amides is 1. The minimum Gasteiger partial charge on any atom is -0.351 e. The molecule has 26 heavy (non-hydrogen) atoms. The molecule has 0 spiro atoms. The fourth-order valence-corrected chi connectivity index (χ4v) is 2.16. The number of nitrogens with zero attached hydrogens (tertiary/aromatic N) is 2. The molecule has 8 N–H and O–H groups in total. The van der Waals surface area contributed by atoms with Crippen molar-refractivity contribution in [3.63, 3.8) is 0 Å². The molecule has 13 heteroatoms. The van der Waals surface area contributed by atoms with Crippen LogP contribution in [0.5, 0.6) is 0 Å². The molecule has 0 aromatic rings. The fraction of sp³-hybridized carbons (Fsp3) is 0.615. The van der Waals surface area contributed by atoms with E-state index in [1.165, 1.54) is 11.9 Å². The number of nitrogens with two attached hydrogens (primary N) is 3. The van der Waals surface area contributed by atoms with Crippen LogP contribution >= 0.6 is 24.8 Å². The summed E-state index contributed by atoms with van der Waals surface area (Å²) in [6, 6.07) is -2.32. The summed E-state index contributed by atoms with van der Waals surface area (Å²) in [7, 11) is 1.45. The highest BCUT2D eigenvalue weighted by atomic mass is 35.5. The SMILES string of the molecule is CN(C(=O)C[C@@H](N)CC(=O)CCN)C1CN=C(NC(N)=O)NC1=O.Cl.Cl. The van der Waals surface area contributed by atoms with E-state index in [-0.39, 0.29) is 74.8 Å². The van der Waals surface area contributed by atoms with Crippen LogP contribution in [0.3, 0.4) is 0 Å². The number of amides is 4. The molecule has 0 fully saturated rings. The number of carbonyl (C=O) groups is 4. The third-order valence-electron chi connectivity index (χ3n) is 3.42. The standard InChI is InChI=1S/C13H23N7O4.2ClH/c1-20(10(22)5-7(15)4-8(21)2-3-14)9-6-17-13(18-11(9)23)19-12(16)24;;/h7,9H,2-6,14-15H2,1H3,(H4,16,17,18,19,23,24);2*1H/t7-,9?;;/m0../s1.